The molecular formula is C24H42FNO5. The molecule has 31 heavy (non-hydrogen) atoms. The van der Waals surface area contributed by atoms with Crippen LogP contribution in [0.4, 0.5) is 4.39 Å². The predicted molar refractivity (Wildman–Crippen MR) is 118 cm³/mol. The van der Waals surface area contributed by atoms with Gasteiger partial charge in [0.2, 0.25) is 0 Å². The van der Waals surface area contributed by atoms with E-state index in [1.54, 1.807) is 0 Å². The number of carbonyl (C=O) groups excluding carboxylic acids is 3. The summed E-state index contributed by atoms with van der Waals surface area (Å²) in [7, 11) is 0. The average Bonchev–Trinajstić information content (AvgIpc) is 3.05. The van der Waals surface area contributed by atoms with Gasteiger partial charge in [0, 0.05) is 12.8 Å². The van der Waals surface area contributed by atoms with Crippen LogP contribution in [0.25, 0.3) is 0 Å². The summed E-state index contributed by atoms with van der Waals surface area (Å²) >= 11 is 0. The molecule has 6 nitrogen and oxygen atoms in total. The Morgan fingerprint density at radius 1 is 0.871 bits per heavy atom. The molecule has 7 heteroatoms. The third kappa shape index (κ3) is 12.8. The van der Waals surface area contributed by atoms with Gasteiger partial charge in [0.25, 0.3) is 11.8 Å². The first-order valence-corrected chi connectivity index (χ1v) is 12.3. The monoisotopic (exact) mass is 443 g/mol. The van der Waals surface area contributed by atoms with Gasteiger partial charge in [-0.05, 0) is 6.42 Å². The van der Waals surface area contributed by atoms with Gasteiger partial charge in [-0.1, -0.05) is 96.8 Å². The van der Waals surface area contributed by atoms with Crippen LogP contribution in [0.2, 0.25) is 0 Å². The number of aliphatic hydroxyl groups is 1. The zero-order valence-corrected chi connectivity index (χ0v) is 19.3. The minimum Gasteiger partial charge on any atom is -0.389 e. The maximum Gasteiger partial charge on any atom is 0.335 e. The quantitative estimate of drug-likeness (QED) is 0.209. The molecule has 1 fully saturated rings. The lowest BCUT2D eigenvalue weighted by molar-refractivity contribution is -0.199. The number of nitrogens with zero attached hydrogens (tertiary/aromatic N) is 1. The van der Waals surface area contributed by atoms with E-state index in [9.17, 15) is 23.9 Å². The van der Waals surface area contributed by atoms with Crippen LogP contribution >= 0.6 is 0 Å². The van der Waals surface area contributed by atoms with Crippen molar-refractivity contribution in [2.45, 2.75) is 135 Å². The van der Waals surface area contributed by atoms with Crippen molar-refractivity contribution >= 4 is 17.8 Å². The zero-order valence-electron chi connectivity index (χ0n) is 19.3. The fourth-order valence-corrected chi connectivity index (χ4v) is 3.82. The van der Waals surface area contributed by atoms with E-state index < -0.39 is 36.5 Å². The Balaban J connectivity index is 1.94. The average molecular weight is 444 g/mol. The summed E-state index contributed by atoms with van der Waals surface area (Å²) in [4.78, 5) is 39.1. The fourth-order valence-electron chi connectivity index (χ4n) is 3.82. The topological polar surface area (TPSA) is 83.9 Å². The normalized spacial score (nSPS) is 16.0. The van der Waals surface area contributed by atoms with Crippen LogP contribution in [-0.4, -0.2) is 40.2 Å². The van der Waals surface area contributed by atoms with E-state index in [1.807, 2.05) is 0 Å². The molecule has 0 bridgehead atoms. The number of hydroxylamine groups is 2. The molecule has 1 heterocycles. The molecule has 1 N–H and O–H groups in total. The molecule has 1 aliphatic rings. The number of alkyl halides is 1. The summed E-state index contributed by atoms with van der Waals surface area (Å²) in [5.41, 5.74) is 0. The van der Waals surface area contributed by atoms with Crippen LogP contribution in [0.3, 0.4) is 0 Å². The molecule has 2 amide bonds. The molecule has 0 saturated carbocycles. The predicted octanol–water partition coefficient (Wildman–Crippen LogP) is 5.55. The van der Waals surface area contributed by atoms with Gasteiger partial charge >= 0.3 is 5.97 Å². The number of hydrogen-bond acceptors (Lipinski definition) is 5. The first-order valence-electron chi connectivity index (χ1n) is 12.3. The SMILES string of the molecule is CCCCCCCCCCCCCCCC[C@@H](F)[C@H](O)CC(=O)ON1C(=O)CCC1=O. The van der Waals surface area contributed by atoms with Crippen LogP contribution in [0.1, 0.15) is 122 Å². The van der Waals surface area contributed by atoms with Crippen LogP contribution < -0.4 is 0 Å². The second-order valence-corrected chi connectivity index (χ2v) is 8.72. The molecule has 0 spiro atoms. The van der Waals surface area contributed by atoms with Gasteiger partial charge in [-0.2, -0.15) is 0 Å². The third-order valence-corrected chi connectivity index (χ3v) is 5.83. The molecule has 0 aromatic carbocycles. The third-order valence-electron chi connectivity index (χ3n) is 5.83. The highest BCUT2D eigenvalue weighted by molar-refractivity contribution is 6.01. The van der Waals surface area contributed by atoms with Gasteiger partial charge in [-0.25, -0.2) is 9.18 Å². The molecule has 0 aromatic rings. The number of aliphatic hydroxyl groups excluding tert-OH is 1. The largest absolute Gasteiger partial charge is 0.389 e. The van der Waals surface area contributed by atoms with E-state index in [4.69, 9.17) is 0 Å². The summed E-state index contributed by atoms with van der Waals surface area (Å²) in [6, 6.07) is 0. The lowest BCUT2D eigenvalue weighted by Crippen LogP contribution is -2.34. The Hall–Kier alpha value is -1.50. The van der Waals surface area contributed by atoms with E-state index in [1.165, 1.54) is 64.2 Å². The number of unbranched alkanes of at least 4 members (excludes halogenated alkanes) is 13. The Kier molecular flexibility index (Phi) is 15.2. The van der Waals surface area contributed by atoms with Gasteiger partial charge in [-0.15, -0.1) is 5.06 Å². The zero-order chi connectivity index (χ0) is 22.9. The molecule has 0 unspecified atom stereocenters. The van der Waals surface area contributed by atoms with Gasteiger partial charge in [0.15, 0.2) is 0 Å². The van der Waals surface area contributed by atoms with E-state index in [0.717, 1.165) is 19.3 Å². The molecule has 0 aliphatic carbocycles. The van der Waals surface area contributed by atoms with Crippen molar-refractivity contribution in [1.82, 2.24) is 5.06 Å². The fraction of sp³-hybridized carbons (Fsp3) is 0.875. The molecular weight excluding hydrogens is 401 g/mol. The summed E-state index contributed by atoms with van der Waals surface area (Å²) < 4.78 is 14.1. The number of rotatable bonds is 19. The van der Waals surface area contributed by atoms with Crippen LogP contribution in [0.5, 0.6) is 0 Å². The Labute approximate surface area is 186 Å². The standard InChI is InChI=1S/C24H42FNO5/c1-2-3-4-5-6-7-8-9-10-11-12-13-14-15-16-20(25)21(27)19-24(30)31-26-22(28)17-18-23(26)29/h20-21,27H,2-19H2,1H3/t20-,21-/m1/s1. The minimum atomic E-state index is -1.52. The lowest BCUT2D eigenvalue weighted by atomic mass is 10.0. The minimum absolute atomic E-state index is 0.000468. The maximum absolute atomic E-state index is 14.1. The number of hydrogen-bond donors (Lipinski definition) is 1. The molecule has 1 saturated heterocycles. The molecule has 2 atom stereocenters. The van der Waals surface area contributed by atoms with Crippen molar-refractivity contribution in [2.24, 2.45) is 0 Å². The van der Waals surface area contributed by atoms with E-state index in [-0.39, 0.29) is 19.3 Å². The van der Waals surface area contributed by atoms with E-state index in [0.29, 0.717) is 11.5 Å². The van der Waals surface area contributed by atoms with Gasteiger partial charge in [0.05, 0.1) is 12.5 Å². The number of amides is 2. The van der Waals surface area contributed by atoms with Crippen molar-refractivity contribution in [3.05, 3.63) is 0 Å². The Bertz CT molecular complexity index is 512. The maximum atomic E-state index is 14.1. The highest BCUT2D eigenvalue weighted by Crippen LogP contribution is 2.18. The van der Waals surface area contributed by atoms with Crippen molar-refractivity contribution in [3.63, 3.8) is 0 Å². The first-order chi connectivity index (χ1) is 15.0. The lowest BCUT2D eigenvalue weighted by Gasteiger charge is -2.17. The van der Waals surface area contributed by atoms with Crippen LogP contribution in [0.15, 0.2) is 0 Å². The Morgan fingerprint density at radius 2 is 1.29 bits per heavy atom. The Morgan fingerprint density at radius 3 is 1.74 bits per heavy atom. The van der Waals surface area contributed by atoms with Crippen molar-refractivity contribution in [2.75, 3.05) is 0 Å². The van der Waals surface area contributed by atoms with Crippen LogP contribution in [-0.2, 0) is 19.2 Å². The van der Waals surface area contributed by atoms with Crippen molar-refractivity contribution in [3.8, 4) is 0 Å². The molecule has 180 valence electrons. The smallest absolute Gasteiger partial charge is 0.335 e. The summed E-state index contributed by atoms with van der Waals surface area (Å²) in [6.45, 7) is 2.24. The number of carbonyl (C=O) groups is 3. The molecule has 1 rings (SSSR count). The van der Waals surface area contributed by atoms with E-state index in [2.05, 4.69) is 11.8 Å². The molecule has 1 aliphatic heterocycles. The van der Waals surface area contributed by atoms with Crippen molar-refractivity contribution < 1.29 is 28.7 Å². The van der Waals surface area contributed by atoms with Crippen LogP contribution in [0, 0.1) is 0 Å². The second kappa shape index (κ2) is 17.1. The van der Waals surface area contributed by atoms with Gasteiger partial charge < -0.3 is 9.94 Å². The summed E-state index contributed by atoms with van der Waals surface area (Å²) in [6.07, 6.45) is 13.6. The molecule has 0 radical (unpaired) electrons. The van der Waals surface area contributed by atoms with E-state index >= 15 is 0 Å². The summed E-state index contributed by atoms with van der Waals surface area (Å²) in [5, 5.41) is 10.2. The van der Waals surface area contributed by atoms with Gasteiger partial charge in [-0.3, -0.25) is 9.59 Å². The number of halogens is 1. The van der Waals surface area contributed by atoms with Crippen molar-refractivity contribution in [1.29, 1.82) is 0 Å². The first kappa shape index (κ1) is 27.5. The summed E-state index contributed by atoms with van der Waals surface area (Å²) in [5.74, 6) is -2.15. The molecule has 0 aromatic heterocycles. The highest BCUT2D eigenvalue weighted by Gasteiger charge is 2.33. The van der Waals surface area contributed by atoms with Gasteiger partial charge in [0.1, 0.15) is 6.17 Å². The second-order valence-electron chi connectivity index (χ2n) is 8.72. The highest BCUT2D eigenvalue weighted by atomic mass is 19.1. The number of imide groups is 1.